The van der Waals surface area contributed by atoms with Crippen LogP contribution in [0.1, 0.15) is 28.8 Å². The molecule has 2 aromatic carbocycles. The van der Waals surface area contributed by atoms with Crippen molar-refractivity contribution >= 4 is 11.8 Å². The molecule has 31 heavy (non-hydrogen) atoms. The fraction of sp³-hybridized carbons (Fsp3) is 0.391. The molecule has 8 heteroatoms. The Morgan fingerprint density at radius 3 is 2.45 bits per heavy atom. The lowest BCUT2D eigenvalue weighted by atomic mass is 9.95. The van der Waals surface area contributed by atoms with Gasteiger partial charge in [0.25, 0.3) is 5.91 Å². The quantitative estimate of drug-likeness (QED) is 0.730. The molecule has 0 saturated carbocycles. The first-order valence-electron chi connectivity index (χ1n) is 10.2. The highest BCUT2D eigenvalue weighted by Crippen LogP contribution is 2.24. The third-order valence-corrected chi connectivity index (χ3v) is 5.50. The van der Waals surface area contributed by atoms with Crippen molar-refractivity contribution in [1.29, 1.82) is 0 Å². The molecule has 0 unspecified atom stereocenters. The number of carbonyl (C=O) groups excluding carboxylic acids is 2. The summed E-state index contributed by atoms with van der Waals surface area (Å²) < 4.78 is 37.5. The predicted octanol–water partition coefficient (Wildman–Crippen LogP) is 3.19. The number of nitrogens with zero attached hydrogens (tertiary/aromatic N) is 1. The smallest absolute Gasteiger partial charge is 0.256 e. The SMILES string of the molecule is COc1ccc(OC)c(CCNC(=O)C2CCN(C(=O)c3ccc(F)cc3F)CC2)c1. The van der Waals surface area contributed by atoms with Crippen LogP contribution in [0.25, 0.3) is 0 Å². The molecule has 1 aliphatic heterocycles. The van der Waals surface area contributed by atoms with E-state index in [0.29, 0.717) is 45.0 Å². The Morgan fingerprint density at radius 2 is 1.81 bits per heavy atom. The van der Waals surface area contributed by atoms with Crippen LogP contribution in [0.15, 0.2) is 36.4 Å². The molecule has 1 saturated heterocycles. The fourth-order valence-electron chi connectivity index (χ4n) is 3.72. The van der Waals surface area contributed by atoms with Crippen molar-refractivity contribution in [3.8, 4) is 11.5 Å². The molecular formula is C23H26F2N2O4. The van der Waals surface area contributed by atoms with E-state index in [4.69, 9.17) is 9.47 Å². The molecule has 1 fully saturated rings. The number of nitrogens with one attached hydrogen (secondary N) is 1. The first-order valence-corrected chi connectivity index (χ1v) is 10.2. The van der Waals surface area contributed by atoms with Gasteiger partial charge in [-0.05, 0) is 55.2 Å². The van der Waals surface area contributed by atoms with Gasteiger partial charge in [-0.3, -0.25) is 9.59 Å². The Kier molecular flexibility index (Phi) is 7.44. The number of carbonyl (C=O) groups is 2. The van der Waals surface area contributed by atoms with Crippen LogP contribution in [0.5, 0.6) is 11.5 Å². The number of amides is 2. The van der Waals surface area contributed by atoms with Crippen molar-refractivity contribution < 1.29 is 27.8 Å². The summed E-state index contributed by atoms with van der Waals surface area (Å²) in [7, 11) is 3.19. The standard InChI is InChI=1S/C23H26F2N2O4/c1-30-18-4-6-21(31-2)16(13-18)7-10-26-22(28)15-8-11-27(12-9-15)23(29)19-5-3-17(24)14-20(19)25/h3-6,13-15H,7-12H2,1-2H3,(H,26,28). The van der Waals surface area contributed by atoms with Crippen molar-refractivity contribution in [2.75, 3.05) is 33.9 Å². The highest BCUT2D eigenvalue weighted by Gasteiger charge is 2.28. The zero-order valence-corrected chi connectivity index (χ0v) is 17.6. The third-order valence-electron chi connectivity index (χ3n) is 5.50. The Hall–Kier alpha value is -3.16. The summed E-state index contributed by atoms with van der Waals surface area (Å²) in [6.45, 7) is 1.14. The highest BCUT2D eigenvalue weighted by atomic mass is 19.1. The average Bonchev–Trinajstić information content (AvgIpc) is 2.78. The Bertz CT molecular complexity index is 943. The molecular weight excluding hydrogens is 406 g/mol. The maximum Gasteiger partial charge on any atom is 0.256 e. The number of likely N-dealkylation sites (tertiary alicyclic amines) is 1. The van der Waals surface area contributed by atoms with Gasteiger partial charge in [-0.25, -0.2) is 8.78 Å². The molecule has 6 nitrogen and oxygen atoms in total. The van der Waals surface area contributed by atoms with Crippen molar-refractivity contribution in [2.24, 2.45) is 5.92 Å². The fourth-order valence-corrected chi connectivity index (χ4v) is 3.72. The topological polar surface area (TPSA) is 67.9 Å². The summed E-state index contributed by atoms with van der Waals surface area (Å²) in [5.41, 5.74) is 0.778. The van der Waals surface area contributed by atoms with Gasteiger partial charge in [-0.1, -0.05) is 0 Å². The second kappa shape index (κ2) is 10.2. The average molecular weight is 432 g/mol. The number of hydrogen-bond acceptors (Lipinski definition) is 4. The van der Waals surface area contributed by atoms with E-state index in [0.717, 1.165) is 29.2 Å². The van der Waals surface area contributed by atoms with E-state index in [1.807, 2.05) is 18.2 Å². The summed E-state index contributed by atoms with van der Waals surface area (Å²) in [5, 5.41) is 2.94. The lowest BCUT2D eigenvalue weighted by Gasteiger charge is -2.31. The molecule has 166 valence electrons. The lowest BCUT2D eigenvalue weighted by Crippen LogP contribution is -2.43. The molecule has 0 atom stereocenters. The van der Waals surface area contributed by atoms with E-state index in [1.165, 1.54) is 4.90 Å². The van der Waals surface area contributed by atoms with Crippen LogP contribution < -0.4 is 14.8 Å². The van der Waals surface area contributed by atoms with Crippen molar-refractivity contribution in [2.45, 2.75) is 19.3 Å². The summed E-state index contributed by atoms with van der Waals surface area (Å²) in [6, 6.07) is 8.43. The molecule has 0 aliphatic carbocycles. The molecule has 0 aromatic heterocycles. The normalized spacial score (nSPS) is 14.3. The van der Waals surface area contributed by atoms with E-state index >= 15 is 0 Å². The van der Waals surface area contributed by atoms with E-state index in [2.05, 4.69) is 5.32 Å². The van der Waals surface area contributed by atoms with Crippen LogP contribution in [-0.4, -0.2) is 50.6 Å². The summed E-state index contributed by atoms with van der Waals surface area (Å²) >= 11 is 0. The van der Waals surface area contributed by atoms with Crippen LogP contribution >= 0.6 is 0 Å². The Labute approximate surface area is 180 Å². The van der Waals surface area contributed by atoms with Crippen LogP contribution in [0.3, 0.4) is 0 Å². The number of rotatable bonds is 7. The largest absolute Gasteiger partial charge is 0.497 e. The minimum atomic E-state index is -0.877. The van der Waals surface area contributed by atoms with Gasteiger partial charge in [0.05, 0.1) is 19.8 Å². The number of benzene rings is 2. The van der Waals surface area contributed by atoms with E-state index in [-0.39, 0.29) is 17.4 Å². The molecule has 1 N–H and O–H groups in total. The first-order chi connectivity index (χ1) is 14.9. The van der Waals surface area contributed by atoms with E-state index in [1.54, 1.807) is 14.2 Å². The number of hydrogen-bond donors (Lipinski definition) is 1. The van der Waals surface area contributed by atoms with Gasteiger partial charge in [0, 0.05) is 31.6 Å². The molecule has 1 heterocycles. The summed E-state index contributed by atoms with van der Waals surface area (Å²) in [5.74, 6) is -0.918. The van der Waals surface area contributed by atoms with Gasteiger partial charge in [0.1, 0.15) is 23.1 Å². The second-order valence-electron chi connectivity index (χ2n) is 7.41. The van der Waals surface area contributed by atoms with E-state index in [9.17, 15) is 18.4 Å². The molecule has 3 rings (SSSR count). The highest BCUT2D eigenvalue weighted by molar-refractivity contribution is 5.94. The van der Waals surface area contributed by atoms with Gasteiger partial charge >= 0.3 is 0 Å². The van der Waals surface area contributed by atoms with E-state index < -0.39 is 17.5 Å². The first kappa shape index (κ1) is 22.5. The Balaban J connectivity index is 1.49. The van der Waals surface area contributed by atoms with Crippen LogP contribution in [-0.2, 0) is 11.2 Å². The molecule has 2 amide bonds. The maximum atomic E-state index is 13.9. The van der Waals surface area contributed by atoms with Crippen molar-refractivity contribution in [3.05, 3.63) is 59.2 Å². The second-order valence-corrected chi connectivity index (χ2v) is 7.41. The minimum Gasteiger partial charge on any atom is -0.497 e. The number of piperidine rings is 1. The maximum absolute atomic E-state index is 13.9. The summed E-state index contributed by atoms with van der Waals surface area (Å²) in [6.07, 6.45) is 1.57. The molecule has 0 radical (unpaired) electrons. The van der Waals surface area contributed by atoms with Gasteiger partial charge in [0.15, 0.2) is 0 Å². The van der Waals surface area contributed by atoms with Crippen molar-refractivity contribution in [3.63, 3.8) is 0 Å². The molecule has 0 bridgehead atoms. The van der Waals surface area contributed by atoms with Crippen LogP contribution in [0, 0.1) is 17.6 Å². The number of methoxy groups -OCH3 is 2. The van der Waals surface area contributed by atoms with Crippen LogP contribution in [0.4, 0.5) is 8.78 Å². The Morgan fingerprint density at radius 1 is 1.06 bits per heavy atom. The zero-order chi connectivity index (χ0) is 22.4. The zero-order valence-electron chi connectivity index (χ0n) is 17.6. The number of halogens is 2. The predicted molar refractivity (Wildman–Crippen MR) is 111 cm³/mol. The van der Waals surface area contributed by atoms with Gasteiger partial charge in [0.2, 0.25) is 5.91 Å². The van der Waals surface area contributed by atoms with Crippen molar-refractivity contribution in [1.82, 2.24) is 10.2 Å². The lowest BCUT2D eigenvalue weighted by molar-refractivity contribution is -0.126. The van der Waals surface area contributed by atoms with Crippen LogP contribution in [0.2, 0.25) is 0 Å². The van der Waals surface area contributed by atoms with Gasteiger partial charge in [-0.15, -0.1) is 0 Å². The van der Waals surface area contributed by atoms with Gasteiger partial charge < -0.3 is 19.7 Å². The third kappa shape index (κ3) is 5.51. The molecule has 0 spiro atoms. The monoisotopic (exact) mass is 432 g/mol. The number of ether oxygens (including phenoxy) is 2. The van der Waals surface area contributed by atoms with Gasteiger partial charge in [-0.2, -0.15) is 0 Å². The molecule has 2 aromatic rings. The minimum absolute atomic E-state index is 0.0677. The summed E-state index contributed by atoms with van der Waals surface area (Å²) in [4.78, 5) is 26.5. The molecule has 1 aliphatic rings.